The Morgan fingerprint density at radius 1 is 0.446 bits per heavy atom. The Hall–Kier alpha value is -1.92. The molecule has 0 saturated carbocycles. The van der Waals surface area contributed by atoms with E-state index in [1.54, 1.807) is 0 Å². The summed E-state index contributed by atoms with van der Waals surface area (Å²) in [5, 5.41) is 23.8. The standard InChI is InChI=1S/C59H111NO5/c1-4-7-10-13-16-19-22-24-26-28-29-30-32-34-37-40-43-46-49-52-59(64)65-55(50-47-44-41-38-36-33-31-27-25-23-20-17-14-11-8-5-2)53-58(63)60-56(54-61)57(62)51-48-45-42-39-35-21-18-15-12-9-6-3/h23,25,27,31,33,36,55-57,61-62H,4-22,24,26,28-30,32,34-35,37-54H2,1-3H3,(H,60,63)/b25-23+,31-27+,36-33+. The highest BCUT2D eigenvalue weighted by Gasteiger charge is 2.24. The minimum Gasteiger partial charge on any atom is -0.462 e. The zero-order chi connectivity index (χ0) is 47.4. The molecule has 0 spiro atoms. The number of aliphatic hydroxyl groups excluding tert-OH is 2. The third-order valence-corrected chi connectivity index (χ3v) is 13.3. The summed E-state index contributed by atoms with van der Waals surface area (Å²) in [6, 6.07) is -0.710. The first-order chi connectivity index (χ1) is 32.0. The lowest BCUT2D eigenvalue weighted by atomic mass is 10.0. The minimum absolute atomic E-state index is 0.0591. The summed E-state index contributed by atoms with van der Waals surface area (Å²) in [6.45, 7) is 6.48. The van der Waals surface area contributed by atoms with E-state index >= 15 is 0 Å². The summed E-state index contributed by atoms with van der Waals surface area (Å²) in [7, 11) is 0. The van der Waals surface area contributed by atoms with Gasteiger partial charge in [-0.25, -0.2) is 0 Å². The Morgan fingerprint density at radius 2 is 0.785 bits per heavy atom. The molecule has 0 fully saturated rings. The van der Waals surface area contributed by atoms with Crippen molar-refractivity contribution < 1.29 is 24.5 Å². The average Bonchev–Trinajstić information content (AvgIpc) is 3.30. The smallest absolute Gasteiger partial charge is 0.306 e. The van der Waals surface area contributed by atoms with Gasteiger partial charge in [-0.05, 0) is 51.4 Å². The fraction of sp³-hybridized carbons (Fsp3) is 0.864. The van der Waals surface area contributed by atoms with Crippen molar-refractivity contribution >= 4 is 11.9 Å². The van der Waals surface area contributed by atoms with Gasteiger partial charge in [-0.3, -0.25) is 9.59 Å². The summed E-state index contributed by atoms with van der Waals surface area (Å²) >= 11 is 0. The predicted octanol–water partition coefficient (Wildman–Crippen LogP) is 17.6. The largest absolute Gasteiger partial charge is 0.462 e. The van der Waals surface area contributed by atoms with Crippen LogP contribution in [0.1, 0.15) is 303 Å². The number of carbonyl (C=O) groups is 2. The molecule has 1 amide bonds. The van der Waals surface area contributed by atoms with Crippen LogP contribution in [0.5, 0.6) is 0 Å². The molecule has 3 N–H and O–H groups in total. The van der Waals surface area contributed by atoms with Crippen molar-refractivity contribution in [1.82, 2.24) is 5.32 Å². The zero-order valence-electron chi connectivity index (χ0n) is 43.6. The van der Waals surface area contributed by atoms with E-state index in [0.717, 1.165) is 70.6 Å². The Morgan fingerprint density at radius 3 is 1.18 bits per heavy atom. The van der Waals surface area contributed by atoms with Crippen LogP contribution in [0.4, 0.5) is 0 Å². The van der Waals surface area contributed by atoms with Gasteiger partial charge in [0.2, 0.25) is 5.91 Å². The number of hydrogen-bond acceptors (Lipinski definition) is 5. The fourth-order valence-electron chi connectivity index (χ4n) is 8.90. The normalized spacial score (nSPS) is 13.4. The molecule has 382 valence electrons. The molecule has 0 aliphatic carbocycles. The molecule has 0 aromatic carbocycles. The number of unbranched alkanes of at least 4 members (excludes halogenated alkanes) is 36. The molecule has 0 bridgehead atoms. The maximum atomic E-state index is 13.2. The second-order valence-corrected chi connectivity index (χ2v) is 19.8. The van der Waals surface area contributed by atoms with E-state index in [1.807, 2.05) is 0 Å². The van der Waals surface area contributed by atoms with Gasteiger partial charge in [0.05, 0.1) is 25.2 Å². The van der Waals surface area contributed by atoms with Crippen molar-refractivity contribution in [3.05, 3.63) is 36.5 Å². The molecule has 0 aromatic heterocycles. The van der Waals surface area contributed by atoms with Gasteiger partial charge < -0.3 is 20.3 Å². The van der Waals surface area contributed by atoms with Crippen molar-refractivity contribution in [2.75, 3.05) is 6.61 Å². The van der Waals surface area contributed by atoms with Gasteiger partial charge in [0.15, 0.2) is 0 Å². The summed E-state index contributed by atoms with van der Waals surface area (Å²) in [5.74, 6) is -0.492. The van der Waals surface area contributed by atoms with E-state index < -0.39 is 18.2 Å². The molecule has 0 rings (SSSR count). The number of esters is 1. The molecule has 0 aliphatic rings. The Kier molecular flexibility index (Phi) is 51.5. The molecular formula is C59H111NO5. The topological polar surface area (TPSA) is 95.9 Å². The van der Waals surface area contributed by atoms with Crippen molar-refractivity contribution in [2.45, 2.75) is 322 Å². The number of aliphatic hydroxyl groups is 2. The maximum Gasteiger partial charge on any atom is 0.306 e. The van der Waals surface area contributed by atoms with E-state index in [9.17, 15) is 19.8 Å². The van der Waals surface area contributed by atoms with Crippen LogP contribution >= 0.6 is 0 Å². The van der Waals surface area contributed by atoms with E-state index in [1.165, 1.54) is 186 Å². The van der Waals surface area contributed by atoms with Crippen LogP contribution < -0.4 is 5.32 Å². The van der Waals surface area contributed by atoms with Gasteiger partial charge in [-0.15, -0.1) is 0 Å². The highest BCUT2D eigenvalue weighted by Crippen LogP contribution is 2.18. The third kappa shape index (κ3) is 48.3. The molecule has 0 radical (unpaired) electrons. The SMILES string of the molecule is CCCCCCC/C=C/C=C/C=C/CCCCCC(CC(=O)NC(CO)C(O)CCCCCCCCCCCCC)OC(=O)CCCCCCCCCCCCCCCCCCCCC. The van der Waals surface area contributed by atoms with Crippen LogP contribution in [0, 0.1) is 0 Å². The highest BCUT2D eigenvalue weighted by atomic mass is 16.5. The van der Waals surface area contributed by atoms with Crippen molar-refractivity contribution in [3.8, 4) is 0 Å². The first-order valence-electron chi connectivity index (χ1n) is 28.7. The summed E-state index contributed by atoms with van der Waals surface area (Å²) < 4.78 is 5.95. The molecule has 0 aromatic rings. The van der Waals surface area contributed by atoms with Crippen LogP contribution in [0.3, 0.4) is 0 Å². The molecule has 0 aliphatic heterocycles. The first kappa shape index (κ1) is 63.1. The average molecular weight is 915 g/mol. The summed E-state index contributed by atoms with van der Waals surface area (Å²) in [4.78, 5) is 26.2. The van der Waals surface area contributed by atoms with Gasteiger partial charge in [-0.1, -0.05) is 276 Å². The third-order valence-electron chi connectivity index (χ3n) is 13.3. The Labute approximate surface area is 404 Å². The quantitative estimate of drug-likeness (QED) is 0.0321. The lowest BCUT2D eigenvalue weighted by Crippen LogP contribution is -2.46. The van der Waals surface area contributed by atoms with Crippen LogP contribution in [-0.2, 0) is 14.3 Å². The van der Waals surface area contributed by atoms with Gasteiger partial charge in [-0.2, -0.15) is 0 Å². The number of rotatable bonds is 52. The molecule has 0 saturated heterocycles. The Bertz CT molecular complexity index is 1070. The van der Waals surface area contributed by atoms with Crippen LogP contribution in [0.15, 0.2) is 36.5 Å². The first-order valence-corrected chi connectivity index (χ1v) is 28.7. The summed E-state index contributed by atoms with van der Waals surface area (Å²) in [5.41, 5.74) is 0. The van der Waals surface area contributed by atoms with E-state index in [2.05, 4.69) is 62.5 Å². The molecule has 3 unspecified atom stereocenters. The number of allylic oxidation sites excluding steroid dienone is 6. The van der Waals surface area contributed by atoms with Crippen LogP contribution in [-0.4, -0.2) is 46.9 Å². The second-order valence-electron chi connectivity index (χ2n) is 19.8. The number of ether oxygens (including phenoxy) is 1. The van der Waals surface area contributed by atoms with Crippen molar-refractivity contribution in [1.29, 1.82) is 0 Å². The molecule has 0 heterocycles. The van der Waals surface area contributed by atoms with Gasteiger partial charge in [0, 0.05) is 6.42 Å². The molecular weight excluding hydrogens is 803 g/mol. The zero-order valence-corrected chi connectivity index (χ0v) is 43.6. The Balaban J connectivity index is 4.56. The molecule has 65 heavy (non-hydrogen) atoms. The van der Waals surface area contributed by atoms with Crippen molar-refractivity contribution in [3.63, 3.8) is 0 Å². The lowest BCUT2D eigenvalue weighted by molar-refractivity contribution is -0.151. The summed E-state index contributed by atoms with van der Waals surface area (Å²) in [6.07, 6.45) is 63.6. The highest BCUT2D eigenvalue weighted by molar-refractivity contribution is 5.77. The van der Waals surface area contributed by atoms with Crippen LogP contribution in [0.25, 0.3) is 0 Å². The predicted molar refractivity (Wildman–Crippen MR) is 282 cm³/mol. The van der Waals surface area contributed by atoms with Gasteiger partial charge in [0.1, 0.15) is 6.10 Å². The molecule has 6 nitrogen and oxygen atoms in total. The minimum atomic E-state index is -0.794. The van der Waals surface area contributed by atoms with Crippen LogP contribution in [0.2, 0.25) is 0 Å². The van der Waals surface area contributed by atoms with Gasteiger partial charge in [0.25, 0.3) is 0 Å². The second kappa shape index (κ2) is 53.0. The maximum absolute atomic E-state index is 13.2. The number of amides is 1. The monoisotopic (exact) mass is 914 g/mol. The number of carbonyl (C=O) groups excluding carboxylic acids is 2. The van der Waals surface area contributed by atoms with E-state index in [-0.39, 0.29) is 24.9 Å². The number of hydrogen-bond donors (Lipinski definition) is 3. The van der Waals surface area contributed by atoms with E-state index in [0.29, 0.717) is 19.3 Å². The number of nitrogens with one attached hydrogen (secondary N) is 1. The fourth-order valence-corrected chi connectivity index (χ4v) is 8.90. The molecule has 6 heteroatoms. The molecule has 3 atom stereocenters. The van der Waals surface area contributed by atoms with Gasteiger partial charge >= 0.3 is 5.97 Å². The van der Waals surface area contributed by atoms with E-state index in [4.69, 9.17) is 4.74 Å². The van der Waals surface area contributed by atoms with Crippen molar-refractivity contribution in [2.24, 2.45) is 0 Å². The lowest BCUT2D eigenvalue weighted by Gasteiger charge is -2.24.